The van der Waals surface area contributed by atoms with E-state index in [0.29, 0.717) is 5.71 Å². The number of anilines is 1. The Morgan fingerprint density at radius 1 is 0.933 bits per heavy atom. The molecule has 0 radical (unpaired) electrons. The molecule has 3 aromatic carbocycles. The van der Waals surface area contributed by atoms with Crippen LogP contribution in [0.3, 0.4) is 0 Å². The number of nitrogens with zero attached hydrogens (tertiary/aromatic N) is 1. The highest BCUT2D eigenvalue weighted by Crippen LogP contribution is 2.24. The SMILES string of the molecule is COc1ccc2cc(/C(C)=N/OC(=O)Nc3ccc(OC(F)(F)F)cc3)ccc2c1. The predicted octanol–water partition coefficient (Wildman–Crippen LogP) is 5.72. The zero-order valence-corrected chi connectivity index (χ0v) is 16.0. The van der Waals surface area contributed by atoms with E-state index in [9.17, 15) is 18.0 Å². The van der Waals surface area contributed by atoms with Gasteiger partial charge in [0.25, 0.3) is 0 Å². The van der Waals surface area contributed by atoms with Gasteiger partial charge in [-0.25, -0.2) is 4.79 Å². The Labute approximate surface area is 169 Å². The number of rotatable bonds is 5. The van der Waals surface area contributed by atoms with Crippen LogP contribution in [0, 0.1) is 0 Å². The number of amides is 1. The zero-order valence-electron chi connectivity index (χ0n) is 16.0. The second kappa shape index (κ2) is 8.73. The zero-order chi connectivity index (χ0) is 21.7. The van der Waals surface area contributed by atoms with E-state index < -0.39 is 18.2 Å². The lowest BCUT2D eigenvalue weighted by Gasteiger charge is -2.09. The number of benzene rings is 3. The van der Waals surface area contributed by atoms with Crippen molar-refractivity contribution < 1.29 is 32.3 Å². The van der Waals surface area contributed by atoms with Crippen molar-refractivity contribution in [1.82, 2.24) is 0 Å². The van der Waals surface area contributed by atoms with Crippen LogP contribution in [-0.4, -0.2) is 25.3 Å². The van der Waals surface area contributed by atoms with Crippen molar-refractivity contribution in [2.24, 2.45) is 5.16 Å². The molecule has 30 heavy (non-hydrogen) atoms. The summed E-state index contributed by atoms with van der Waals surface area (Å²) in [6.07, 6.45) is -5.67. The summed E-state index contributed by atoms with van der Waals surface area (Å²) < 4.78 is 45.4. The van der Waals surface area contributed by atoms with Gasteiger partial charge in [-0.15, -0.1) is 13.2 Å². The van der Waals surface area contributed by atoms with Crippen molar-refractivity contribution in [2.45, 2.75) is 13.3 Å². The van der Waals surface area contributed by atoms with Crippen molar-refractivity contribution in [1.29, 1.82) is 0 Å². The fourth-order valence-electron chi connectivity index (χ4n) is 2.62. The Morgan fingerprint density at radius 3 is 2.23 bits per heavy atom. The van der Waals surface area contributed by atoms with Gasteiger partial charge in [-0.1, -0.05) is 23.4 Å². The standard InChI is InChI=1S/C21H17F3N2O4/c1-13(14-3-4-16-12-19(28-2)8-5-15(16)11-14)26-30-20(27)25-17-6-9-18(10-7-17)29-21(22,23)24/h3-12H,1-2H3,(H,25,27)/b26-13+. The number of oxime groups is 1. The van der Waals surface area contributed by atoms with Crippen LogP contribution < -0.4 is 14.8 Å². The number of ether oxygens (including phenoxy) is 2. The third kappa shape index (κ3) is 5.63. The maximum atomic E-state index is 12.2. The minimum atomic E-state index is -4.78. The Balaban J connectivity index is 1.62. The Kier molecular flexibility index (Phi) is 6.10. The maximum absolute atomic E-state index is 12.2. The van der Waals surface area contributed by atoms with E-state index in [1.165, 1.54) is 12.1 Å². The monoisotopic (exact) mass is 418 g/mol. The second-order valence-electron chi connectivity index (χ2n) is 6.18. The first-order valence-electron chi connectivity index (χ1n) is 8.70. The van der Waals surface area contributed by atoms with Gasteiger partial charge in [0.05, 0.1) is 12.8 Å². The highest BCUT2D eigenvalue weighted by molar-refractivity contribution is 6.02. The smallest absolute Gasteiger partial charge is 0.497 e. The molecule has 3 aromatic rings. The number of fused-ring (bicyclic) bond motifs is 1. The quantitative estimate of drug-likeness (QED) is 0.327. The fraction of sp³-hybridized carbons (Fsp3) is 0.143. The average molecular weight is 418 g/mol. The van der Waals surface area contributed by atoms with Gasteiger partial charge in [0.2, 0.25) is 0 Å². The van der Waals surface area contributed by atoms with E-state index in [1.807, 2.05) is 36.4 Å². The number of hydrogen-bond acceptors (Lipinski definition) is 5. The molecule has 0 saturated heterocycles. The normalized spacial score (nSPS) is 11.8. The van der Waals surface area contributed by atoms with Gasteiger partial charge >= 0.3 is 12.5 Å². The predicted molar refractivity (Wildman–Crippen MR) is 106 cm³/mol. The van der Waals surface area contributed by atoms with Gasteiger partial charge < -0.3 is 9.47 Å². The minimum Gasteiger partial charge on any atom is -0.497 e. The summed E-state index contributed by atoms with van der Waals surface area (Å²) in [5.41, 5.74) is 1.45. The van der Waals surface area contributed by atoms with Crippen molar-refractivity contribution in [3.8, 4) is 11.5 Å². The molecule has 3 rings (SSSR count). The Hall–Kier alpha value is -3.75. The molecule has 0 heterocycles. The first-order chi connectivity index (χ1) is 14.2. The minimum absolute atomic E-state index is 0.224. The van der Waals surface area contributed by atoms with Gasteiger partial charge in [0.15, 0.2) is 0 Å². The molecule has 9 heteroatoms. The molecule has 1 N–H and O–H groups in total. The van der Waals surface area contributed by atoms with Crippen LogP contribution in [0.25, 0.3) is 10.8 Å². The molecular formula is C21H17F3N2O4. The average Bonchev–Trinajstić information content (AvgIpc) is 2.71. The van der Waals surface area contributed by atoms with Crippen LogP contribution in [0.15, 0.2) is 65.8 Å². The van der Waals surface area contributed by atoms with Crippen LogP contribution in [0.2, 0.25) is 0 Å². The van der Waals surface area contributed by atoms with E-state index in [-0.39, 0.29) is 5.69 Å². The third-order valence-corrected chi connectivity index (χ3v) is 4.06. The topological polar surface area (TPSA) is 69.2 Å². The van der Waals surface area contributed by atoms with Crippen LogP contribution >= 0.6 is 0 Å². The largest absolute Gasteiger partial charge is 0.573 e. The summed E-state index contributed by atoms with van der Waals surface area (Å²) >= 11 is 0. The number of methoxy groups -OCH3 is 1. The number of carbonyl (C=O) groups is 1. The highest BCUT2D eigenvalue weighted by Gasteiger charge is 2.30. The summed E-state index contributed by atoms with van der Waals surface area (Å²) in [6.45, 7) is 1.68. The number of carbonyl (C=O) groups excluding carboxylic acids is 1. The lowest BCUT2D eigenvalue weighted by Crippen LogP contribution is -2.17. The van der Waals surface area contributed by atoms with Gasteiger partial charge in [-0.3, -0.25) is 10.2 Å². The number of hydrogen-bond donors (Lipinski definition) is 1. The molecule has 0 unspecified atom stereocenters. The lowest BCUT2D eigenvalue weighted by atomic mass is 10.0. The van der Waals surface area contributed by atoms with Gasteiger partial charge in [-0.2, -0.15) is 0 Å². The molecule has 0 saturated carbocycles. The van der Waals surface area contributed by atoms with Crippen molar-refractivity contribution in [3.05, 3.63) is 66.2 Å². The molecule has 0 aliphatic rings. The number of nitrogens with one attached hydrogen (secondary N) is 1. The fourth-order valence-corrected chi connectivity index (χ4v) is 2.62. The van der Waals surface area contributed by atoms with Crippen molar-refractivity contribution >= 4 is 28.3 Å². The number of halogens is 3. The lowest BCUT2D eigenvalue weighted by molar-refractivity contribution is -0.274. The molecule has 0 aliphatic heterocycles. The van der Waals surface area contributed by atoms with Gasteiger partial charge in [0.1, 0.15) is 11.5 Å². The number of alkyl halides is 3. The van der Waals surface area contributed by atoms with Crippen molar-refractivity contribution in [3.63, 3.8) is 0 Å². The first kappa shape index (κ1) is 21.0. The molecular weight excluding hydrogens is 401 g/mol. The molecule has 0 atom stereocenters. The van der Waals surface area contributed by atoms with E-state index in [4.69, 9.17) is 9.57 Å². The second-order valence-corrected chi connectivity index (χ2v) is 6.18. The van der Waals surface area contributed by atoms with Crippen LogP contribution in [0.4, 0.5) is 23.7 Å². The highest BCUT2D eigenvalue weighted by atomic mass is 19.4. The molecule has 0 bridgehead atoms. The van der Waals surface area contributed by atoms with E-state index in [1.54, 1.807) is 14.0 Å². The molecule has 0 aromatic heterocycles. The first-order valence-corrected chi connectivity index (χ1v) is 8.70. The van der Waals surface area contributed by atoms with Crippen LogP contribution in [-0.2, 0) is 4.84 Å². The summed E-state index contributed by atoms with van der Waals surface area (Å²) in [5.74, 6) is 0.350. The van der Waals surface area contributed by atoms with Gasteiger partial charge in [-0.05, 0) is 65.7 Å². The summed E-state index contributed by atoms with van der Waals surface area (Å²) in [5, 5.41) is 8.12. The van der Waals surface area contributed by atoms with Crippen LogP contribution in [0.1, 0.15) is 12.5 Å². The van der Waals surface area contributed by atoms with Gasteiger partial charge in [0, 0.05) is 5.69 Å². The molecule has 0 spiro atoms. The molecule has 0 fully saturated rings. The maximum Gasteiger partial charge on any atom is 0.573 e. The third-order valence-electron chi connectivity index (χ3n) is 4.06. The summed E-state index contributed by atoms with van der Waals surface area (Å²) in [6, 6.07) is 15.9. The Bertz CT molecular complexity index is 1080. The molecule has 1 amide bonds. The van der Waals surface area contributed by atoms with Crippen LogP contribution in [0.5, 0.6) is 11.5 Å². The Morgan fingerprint density at radius 2 is 1.57 bits per heavy atom. The molecule has 156 valence electrons. The summed E-state index contributed by atoms with van der Waals surface area (Å²) in [4.78, 5) is 16.7. The van der Waals surface area contributed by atoms with E-state index in [2.05, 4.69) is 15.2 Å². The van der Waals surface area contributed by atoms with Crippen molar-refractivity contribution in [2.75, 3.05) is 12.4 Å². The van der Waals surface area contributed by atoms with E-state index >= 15 is 0 Å². The molecule has 0 aliphatic carbocycles. The summed E-state index contributed by atoms with van der Waals surface area (Å²) in [7, 11) is 1.60. The van der Waals surface area contributed by atoms with E-state index in [0.717, 1.165) is 34.2 Å². The molecule has 6 nitrogen and oxygen atoms in total.